The largest absolute Gasteiger partial charge is 0.507 e. The highest BCUT2D eigenvalue weighted by molar-refractivity contribution is 8.00. The van der Waals surface area contributed by atoms with E-state index in [9.17, 15) is 9.90 Å². The third-order valence-corrected chi connectivity index (χ3v) is 6.90. The third-order valence-electron chi connectivity index (χ3n) is 5.69. The number of hydrogen-bond acceptors (Lipinski definition) is 4. The van der Waals surface area contributed by atoms with Crippen LogP contribution in [0.15, 0.2) is 6.07 Å². The number of carbonyl (C=O) groups is 1. The smallest absolute Gasteiger partial charge is 0.324 e. The zero-order chi connectivity index (χ0) is 23.8. The molecule has 0 saturated heterocycles. The summed E-state index contributed by atoms with van der Waals surface area (Å²) in [5.74, 6) is 1.73. The van der Waals surface area contributed by atoms with Crippen molar-refractivity contribution in [1.82, 2.24) is 0 Å². The van der Waals surface area contributed by atoms with Crippen molar-refractivity contribution in [3.63, 3.8) is 0 Å². The summed E-state index contributed by atoms with van der Waals surface area (Å²) in [5, 5.41) is 10.9. The fraction of sp³-hybridized carbons (Fsp3) is 0.741. The van der Waals surface area contributed by atoms with Crippen LogP contribution < -0.4 is 4.74 Å². The van der Waals surface area contributed by atoms with Crippen LogP contribution >= 0.6 is 11.8 Å². The van der Waals surface area contributed by atoms with Gasteiger partial charge in [0.05, 0.1) is 0 Å². The molecule has 0 bridgehead atoms. The summed E-state index contributed by atoms with van der Waals surface area (Å²) in [7, 11) is 0. The van der Waals surface area contributed by atoms with Crippen LogP contribution in [0.4, 0.5) is 0 Å². The number of thioether (sulfide) groups is 1. The quantitative estimate of drug-likeness (QED) is 0.211. The lowest BCUT2D eigenvalue weighted by molar-refractivity contribution is -0.133. The number of carbonyl (C=O) groups excluding carboxylic acids is 1. The normalized spacial score (nSPS) is 13.3. The zero-order valence-electron chi connectivity index (χ0n) is 21.5. The standard InChI is InChI=1S/C27H46O3S/c1-10-12-13-14-15-16-17-31-19(3)25(29)30-22-18-21(26(4,5)6)24(28)23(20(22)11-2)27(7,8)9/h18-19,28H,10-17H2,1-9H3. The molecule has 0 radical (unpaired) electrons. The van der Waals surface area contributed by atoms with Crippen molar-refractivity contribution < 1.29 is 14.6 Å². The molecule has 0 aromatic heterocycles. The number of unbranched alkanes of at least 4 members (excludes halogenated alkanes) is 5. The Morgan fingerprint density at radius 2 is 1.58 bits per heavy atom. The SMILES string of the molecule is CCCCCCCCSC(C)C(=O)Oc1cc(C(C)(C)C)c(O)c(C(C)(C)C)c1CC. The number of phenols is 1. The molecule has 1 aromatic rings. The Morgan fingerprint density at radius 1 is 1.00 bits per heavy atom. The van der Waals surface area contributed by atoms with Crippen LogP contribution in [0.1, 0.15) is 118 Å². The van der Waals surface area contributed by atoms with Crippen LogP contribution in [-0.4, -0.2) is 22.1 Å². The molecule has 0 amide bonds. The van der Waals surface area contributed by atoms with Crippen LogP contribution in [0.2, 0.25) is 0 Å². The predicted molar refractivity (Wildman–Crippen MR) is 136 cm³/mol. The molecule has 0 heterocycles. The molecule has 3 nitrogen and oxygen atoms in total. The van der Waals surface area contributed by atoms with Gasteiger partial charge in [0.2, 0.25) is 0 Å². The molecule has 0 aliphatic rings. The average molecular weight is 451 g/mol. The van der Waals surface area contributed by atoms with E-state index >= 15 is 0 Å². The Bertz CT molecular complexity index is 711. The molecule has 0 spiro atoms. The number of ether oxygens (including phenoxy) is 1. The maximum absolute atomic E-state index is 12.9. The fourth-order valence-electron chi connectivity index (χ4n) is 3.91. The monoisotopic (exact) mass is 450 g/mol. The second-order valence-electron chi connectivity index (χ2n) is 10.7. The van der Waals surface area contributed by atoms with Gasteiger partial charge in [-0.1, -0.05) is 87.5 Å². The van der Waals surface area contributed by atoms with E-state index in [-0.39, 0.29) is 22.0 Å². The van der Waals surface area contributed by atoms with Gasteiger partial charge in [-0.25, -0.2) is 0 Å². The molecule has 0 saturated carbocycles. The minimum absolute atomic E-state index is 0.198. The van der Waals surface area contributed by atoms with Gasteiger partial charge < -0.3 is 9.84 Å². The van der Waals surface area contributed by atoms with E-state index in [1.54, 1.807) is 11.8 Å². The summed E-state index contributed by atoms with van der Waals surface area (Å²) in [4.78, 5) is 12.9. The van der Waals surface area contributed by atoms with Gasteiger partial charge in [0, 0.05) is 16.7 Å². The second kappa shape index (κ2) is 12.2. The summed E-state index contributed by atoms with van der Waals surface area (Å²) in [5.41, 5.74) is 2.13. The van der Waals surface area contributed by atoms with Gasteiger partial charge in [0.1, 0.15) is 16.7 Å². The highest BCUT2D eigenvalue weighted by Gasteiger charge is 2.31. The van der Waals surface area contributed by atoms with E-state index in [4.69, 9.17) is 4.74 Å². The van der Waals surface area contributed by atoms with E-state index in [2.05, 4.69) is 55.4 Å². The van der Waals surface area contributed by atoms with Gasteiger partial charge in [-0.3, -0.25) is 4.79 Å². The Labute approximate surface area is 195 Å². The summed E-state index contributed by atoms with van der Waals surface area (Å²) in [6.45, 7) is 18.7. The minimum Gasteiger partial charge on any atom is -0.507 e. The molecule has 1 unspecified atom stereocenters. The van der Waals surface area contributed by atoms with Crippen LogP contribution in [0.25, 0.3) is 0 Å². The van der Waals surface area contributed by atoms with Crippen LogP contribution in [-0.2, 0) is 22.0 Å². The lowest BCUT2D eigenvalue weighted by atomic mass is 9.76. The first-order valence-electron chi connectivity index (χ1n) is 12.1. The van der Waals surface area contributed by atoms with E-state index in [0.717, 1.165) is 28.9 Å². The summed E-state index contributed by atoms with van der Waals surface area (Å²) in [6.07, 6.45) is 8.26. The van der Waals surface area contributed by atoms with Crippen LogP contribution in [0, 0.1) is 0 Å². The Kier molecular flexibility index (Phi) is 11.0. The van der Waals surface area contributed by atoms with Crippen molar-refractivity contribution in [2.45, 2.75) is 123 Å². The van der Waals surface area contributed by atoms with E-state index < -0.39 is 0 Å². The summed E-state index contributed by atoms with van der Waals surface area (Å²) in [6, 6.07) is 1.88. The number of esters is 1. The first kappa shape index (κ1) is 27.9. The van der Waals surface area contributed by atoms with E-state index in [1.807, 2.05) is 13.0 Å². The number of benzene rings is 1. The van der Waals surface area contributed by atoms with Crippen molar-refractivity contribution in [2.24, 2.45) is 0 Å². The van der Waals surface area contributed by atoms with Crippen LogP contribution in [0.5, 0.6) is 11.5 Å². The van der Waals surface area contributed by atoms with E-state index in [0.29, 0.717) is 17.9 Å². The van der Waals surface area contributed by atoms with Crippen molar-refractivity contribution in [1.29, 1.82) is 0 Å². The van der Waals surface area contributed by atoms with Gasteiger partial charge in [-0.15, -0.1) is 11.8 Å². The number of phenolic OH excluding ortho intramolecular Hbond substituents is 1. The Morgan fingerprint density at radius 3 is 2.10 bits per heavy atom. The Balaban J connectivity index is 2.99. The molecule has 1 N–H and O–H groups in total. The number of rotatable bonds is 11. The highest BCUT2D eigenvalue weighted by atomic mass is 32.2. The first-order chi connectivity index (χ1) is 14.3. The maximum atomic E-state index is 12.9. The third kappa shape index (κ3) is 8.36. The molecular formula is C27H46O3S. The molecule has 0 aliphatic carbocycles. The van der Waals surface area contributed by atoms with Gasteiger partial charge in [-0.05, 0) is 42.4 Å². The summed E-state index contributed by atoms with van der Waals surface area (Å²) >= 11 is 1.68. The van der Waals surface area contributed by atoms with Crippen molar-refractivity contribution in [3.05, 3.63) is 22.8 Å². The molecule has 4 heteroatoms. The first-order valence-corrected chi connectivity index (χ1v) is 13.1. The molecule has 31 heavy (non-hydrogen) atoms. The molecule has 1 aromatic carbocycles. The molecule has 178 valence electrons. The van der Waals surface area contributed by atoms with Gasteiger partial charge in [0.15, 0.2) is 0 Å². The number of aromatic hydroxyl groups is 1. The lowest BCUT2D eigenvalue weighted by Gasteiger charge is -2.31. The van der Waals surface area contributed by atoms with Crippen molar-refractivity contribution in [2.75, 3.05) is 5.75 Å². The molecule has 1 atom stereocenters. The Hall–Kier alpha value is -1.16. The summed E-state index contributed by atoms with van der Waals surface area (Å²) < 4.78 is 5.96. The molecule has 1 rings (SSSR count). The van der Waals surface area contributed by atoms with Crippen LogP contribution in [0.3, 0.4) is 0 Å². The molecule has 0 fully saturated rings. The minimum atomic E-state index is -0.254. The topological polar surface area (TPSA) is 46.5 Å². The average Bonchev–Trinajstić information content (AvgIpc) is 2.65. The van der Waals surface area contributed by atoms with Gasteiger partial charge >= 0.3 is 5.97 Å². The van der Waals surface area contributed by atoms with Gasteiger partial charge in [-0.2, -0.15) is 0 Å². The highest BCUT2D eigenvalue weighted by Crippen LogP contribution is 2.45. The van der Waals surface area contributed by atoms with Crippen molar-refractivity contribution >= 4 is 17.7 Å². The van der Waals surface area contributed by atoms with E-state index in [1.165, 1.54) is 32.1 Å². The second-order valence-corrected chi connectivity index (χ2v) is 12.1. The lowest BCUT2D eigenvalue weighted by Crippen LogP contribution is -2.24. The zero-order valence-corrected chi connectivity index (χ0v) is 22.3. The fourth-order valence-corrected chi connectivity index (χ4v) is 4.82. The van der Waals surface area contributed by atoms with Gasteiger partial charge in [0.25, 0.3) is 0 Å². The predicted octanol–water partition coefficient (Wildman–Crippen LogP) is 7.94. The molecular weight excluding hydrogens is 404 g/mol. The van der Waals surface area contributed by atoms with Crippen molar-refractivity contribution in [3.8, 4) is 11.5 Å². The maximum Gasteiger partial charge on any atom is 0.324 e. The number of hydrogen-bond donors (Lipinski definition) is 1. The molecule has 0 aliphatic heterocycles.